The average Bonchev–Trinajstić information content (AvgIpc) is 2.46. The van der Waals surface area contributed by atoms with Crippen LogP contribution in [0.5, 0.6) is 0 Å². The summed E-state index contributed by atoms with van der Waals surface area (Å²) < 4.78 is 26.2. The number of rotatable bonds is 5. The number of nitrogens with zero attached hydrogens (tertiary/aromatic N) is 2. The summed E-state index contributed by atoms with van der Waals surface area (Å²) in [6.07, 6.45) is 5.67. The number of sulfonamides is 1. The van der Waals surface area contributed by atoms with Crippen molar-refractivity contribution in [2.45, 2.75) is 31.9 Å². The molecule has 0 spiro atoms. The molecule has 6 heteroatoms. The molecular formula is C14H23N3O2S. The highest BCUT2D eigenvalue weighted by molar-refractivity contribution is 7.90. The van der Waals surface area contributed by atoms with Crippen LogP contribution in [-0.4, -0.2) is 38.3 Å². The number of aromatic nitrogens is 1. The fourth-order valence-corrected chi connectivity index (χ4v) is 3.14. The SMILES string of the molecule is CC(C)S(=O)(=O)NCC1CCN(c2cccnc2)CC1. The molecule has 0 amide bonds. The monoisotopic (exact) mass is 297 g/mol. The van der Waals surface area contributed by atoms with E-state index in [2.05, 4.69) is 20.7 Å². The highest BCUT2D eigenvalue weighted by Gasteiger charge is 2.22. The maximum Gasteiger partial charge on any atom is 0.213 e. The number of hydrogen-bond acceptors (Lipinski definition) is 4. The summed E-state index contributed by atoms with van der Waals surface area (Å²) in [5.41, 5.74) is 1.15. The van der Waals surface area contributed by atoms with Crippen molar-refractivity contribution in [2.75, 3.05) is 24.5 Å². The summed E-state index contributed by atoms with van der Waals surface area (Å²) in [7, 11) is -3.14. The zero-order valence-corrected chi connectivity index (χ0v) is 12.9. The Balaban J connectivity index is 1.81. The zero-order chi connectivity index (χ0) is 14.6. The third-order valence-electron chi connectivity index (χ3n) is 3.82. The molecule has 112 valence electrons. The van der Waals surface area contributed by atoms with Crippen LogP contribution in [0.3, 0.4) is 0 Å². The molecule has 2 heterocycles. The largest absolute Gasteiger partial charge is 0.370 e. The molecule has 1 aliphatic heterocycles. The average molecular weight is 297 g/mol. The molecule has 1 aliphatic rings. The Morgan fingerprint density at radius 1 is 1.40 bits per heavy atom. The van der Waals surface area contributed by atoms with Gasteiger partial charge in [-0.15, -0.1) is 0 Å². The molecule has 0 radical (unpaired) electrons. The van der Waals surface area contributed by atoms with E-state index in [1.165, 1.54) is 0 Å². The minimum Gasteiger partial charge on any atom is -0.370 e. The number of piperidine rings is 1. The van der Waals surface area contributed by atoms with Crippen molar-refractivity contribution in [1.82, 2.24) is 9.71 Å². The summed E-state index contributed by atoms with van der Waals surface area (Å²) in [4.78, 5) is 6.44. The Kier molecular flexibility index (Phi) is 4.99. The van der Waals surface area contributed by atoms with E-state index in [1.54, 1.807) is 20.0 Å². The van der Waals surface area contributed by atoms with Crippen molar-refractivity contribution in [3.05, 3.63) is 24.5 Å². The summed E-state index contributed by atoms with van der Waals surface area (Å²) in [6.45, 7) is 5.88. The Morgan fingerprint density at radius 2 is 2.10 bits per heavy atom. The number of nitrogens with one attached hydrogen (secondary N) is 1. The van der Waals surface area contributed by atoms with E-state index < -0.39 is 10.0 Å². The molecule has 5 nitrogen and oxygen atoms in total. The van der Waals surface area contributed by atoms with Gasteiger partial charge in [0, 0.05) is 25.8 Å². The molecule has 1 N–H and O–H groups in total. The van der Waals surface area contributed by atoms with Gasteiger partial charge in [0.25, 0.3) is 0 Å². The molecule has 2 rings (SSSR count). The molecule has 0 aliphatic carbocycles. The van der Waals surface area contributed by atoms with Crippen LogP contribution in [0.4, 0.5) is 5.69 Å². The van der Waals surface area contributed by atoms with Gasteiger partial charge in [0.2, 0.25) is 10.0 Å². The molecule has 20 heavy (non-hydrogen) atoms. The van der Waals surface area contributed by atoms with Crippen molar-refractivity contribution in [3.63, 3.8) is 0 Å². The maximum absolute atomic E-state index is 11.7. The smallest absolute Gasteiger partial charge is 0.213 e. The van der Waals surface area contributed by atoms with Gasteiger partial charge >= 0.3 is 0 Å². The van der Waals surface area contributed by atoms with Crippen LogP contribution < -0.4 is 9.62 Å². The van der Waals surface area contributed by atoms with Crippen LogP contribution in [0.25, 0.3) is 0 Å². The van der Waals surface area contributed by atoms with Crippen molar-refractivity contribution in [3.8, 4) is 0 Å². The van der Waals surface area contributed by atoms with Crippen LogP contribution in [0, 0.1) is 5.92 Å². The molecule has 1 fully saturated rings. The van der Waals surface area contributed by atoms with Gasteiger partial charge in [-0.2, -0.15) is 0 Å². The summed E-state index contributed by atoms with van der Waals surface area (Å²) in [5, 5.41) is -0.363. The lowest BCUT2D eigenvalue weighted by molar-refractivity contribution is 0.401. The topological polar surface area (TPSA) is 62.3 Å². The first-order chi connectivity index (χ1) is 9.49. The number of hydrogen-bond donors (Lipinski definition) is 1. The summed E-state index contributed by atoms with van der Waals surface area (Å²) in [6, 6.07) is 4.01. The third-order valence-corrected chi connectivity index (χ3v) is 5.63. The first-order valence-corrected chi connectivity index (χ1v) is 8.67. The van der Waals surface area contributed by atoms with Gasteiger partial charge in [-0.05, 0) is 44.7 Å². The second kappa shape index (κ2) is 6.54. The molecule has 0 saturated carbocycles. The second-order valence-electron chi connectivity index (χ2n) is 5.58. The summed E-state index contributed by atoms with van der Waals surface area (Å²) in [5.74, 6) is 0.427. The van der Waals surface area contributed by atoms with Gasteiger partial charge in [0.1, 0.15) is 0 Å². The minimum atomic E-state index is -3.14. The standard InChI is InChI=1S/C14H23N3O2S/c1-12(2)20(18,19)16-10-13-5-8-17(9-6-13)14-4-3-7-15-11-14/h3-4,7,11-13,16H,5-6,8-10H2,1-2H3. The van der Waals surface area contributed by atoms with Gasteiger partial charge in [-0.3, -0.25) is 4.98 Å². The number of anilines is 1. The molecule has 1 aromatic heterocycles. The molecule has 0 unspecified atom stereocenters. The van der Waals surface area contributed by atoms with Crippen LogP contribution >= 0.6 is 0 Å². The summed E-state index contributed by atoms with van der Waals surface area (Å²) >= 11 is 0. The molecule has 1 aromatic rings. The fraction of sp³-hybridized carbons (Fsp3) is 0.643. The van der Waals surface area contributed by atoms with Gasteiger partial charge < -0.3 is 4.90 Å². The van der Waals surface area contributed by atoms with E-state index in [0.717, 1.165) is 31.6 Å². The van der Waals surface area contributed by atoms with Crippen LogP contribution in [0.2, 0.25) is 0 Å². The lowest BCUT2D eigenvalue weighted by atomic mass is 9.97. The minimum absolute atomic E-state index is 0.363. The van der Waals surface area contributed by atoms with E-state index in [0.29, 0.717) is 12.5 Å². The molecule has 0 atom stereocenters. The van der Waals surface area contributed by atoms with Gasteiger partial charge in [-0.1, -0.05) is 0 Å². The third kappa shape index (κ3) is 3.93. The normalized spacial score (nSPS) is 17.6. The van der Waals surface area contributed by atoms with E-state index in [4.69, 9.17) is 0 Å². The zero-order valence-electron chi connectivity index (χ0n) is 12.1. The van der Waals surface area contributed by atoms with Crippen LogP contribution in [-0.2, 0) is 10.0 Å². The highest BCUT2D eigenvalue weighted by Crippen LogP contribution is 2.22. The van der Waals surface area contributed by atoms with Crippen LogP contribution in [0.1, 0.15) is 26.7 Å². The van der Waals surface area contributed by atoms with E-state index >= 15 is 0 Å². The van der Waals surface area contributed by atoms with Crippen molar-refractivity contribution in [2.24, 2.45) is 5.92 Å². The van der Waals surface area contributed by atoms with E-state index in [-0.39, 0.29) is 5.25 Å². The van der Waals surface area contributed by atoms with Gasteiger partial charge in [0.05, 0.1) is 17.1 Å². The van der Waals surface area contributed by atoms with Crippen LogP contribution in [0.15, 0.2) is 24.5 Å². The predicted octanol–water partition coefficient (Wildman–Crippen LogP) is 1.63. The van der Waals surface area contributed by atoms with Gasteiger partial charge in [-0.25, -0.2) is 13.1 Å². The highest BCUT2D eigenvalue weighted by atomic mass is 32.2. The maximum atomic E-state index is 11.7. The Morgan fingerprint density at radius 3 is 2.65 bits per heavy atom. The van der Waals surface area contributed by atoms with Crippen molar-refractivity contribution in [1.29, 1.82) is 0 Å². The predicted molar refractivity (Wildman–Crippen MR) is 81.2 cm³/mol. The second-order valence-corrected chi connectivity index (χ2v) is 7.91. The molecule has 1 saturated heterocycles. The lowest BCUT2D eigenvalue weighted by Crippen LogP contribution is -2.40. The first kappa shape index (κ1) is 15.3. The van der Waals surface area contributed by atoms with Crippen molar-refractivity contribution >= 4 is 15.7 Å². The van der Waals surface area contributed by atoms with Gasteiger partial charge in [0.15, 0.2) is 0 Å². The Hall–Kier alpha value is -1.14. The fourth-order valence-electron chi connectivity index (χ4n) is 2.34. The van der Waals surface area contributed by atoms with Crippen molar-refractivity contribution < 1.29 is 8.42 Å². The Bertz CT molecular complexity index is 508. The van der Waals surface area contributed by atoms with E-state index in [1.807, 2.05) is 12.3 Å². The number of pyridine rings is 1. The molecule has 0 bridgehead atoms. The lowest BCUT2D eigenvalue weighted by Gasteiger charge is -2.33. The quantitative estimate of drug-likeness (QED) is 0.897. The Labute approximate surface area is 121 Å². The van der Waals surface area contributed by atoms with E-state index in [9.17, 15) is 8.42 Å². The molecular weight excluding hydrogens is 274 g/mol. The molecule has 0 aromatic carbocycles. The first-order valence-electron chi connectivity index (χ1n) is 7.12.